The molecule has 0 atom stereocenters. The molecule has 0 bridgehead atoms. The van der Waals surface area contributed by atoms with Crippen molar-refractivity contribution in [3.63, 3.8) is 0 Å². The highest BCUT2D eigenvalue weighted by Gasteiger charge is 2.39. The van der Waals surface area contributed by atoms with Crippen LogP contribution in [0.5, 0.6) is 23.0 Å². The van der Waals surface area contributed by atoms with Gasteiger partial charge in [0.2, 0.25) is 0 Å². The molecule has 4 heterocycles. The lowest BCUT2D eigenvalue weighted by Gasteiger charge is -2.47. The molecule has 4 aliphatic heterocycles. The second-order valence-electron chi connectivity index (χ2n) is 20.6. The number of carbonyl (C=O) groups is 4. The number of para-hydroxylation sites is 4. The summed E-state index contributed by atoms with van der Waals surface area (Å²) in [6.45, 7) is 10.2. The number of esters is 1. The van der Waals surface area contributed by atoms with Gasteiger partial charge in [-0.15, -0.1) is 24.8 Å². The number of ether oxygens (including phenoxy) is 3. The van der Waals surface area contributed by atoms with Gasteiger partial charge in [0.1, 0.15) is 23.0 Å². The van der Waals surface area contributed by atoms with Gasteiger partial charge in [0.25, 0.3) is 5.91 Å². The van der Waals surface area contributed by atoms with Crippen LogP contribution in [0.4, 0.5) is 0 Å². The minimum Gasteiger partial charge on any atom is -0.481 e. The minimum absolute atomic E-state index is 0. The number of nitrogens with one attached hydrogen (secondary N) is 1. The molecule has 414 valence electrons. The summed E-state index contributed by atoms with van der Waals surface area (Å²) in [7, 11) is 1.27. The van der Waals surface area contributed by atoms with E-state index >= 15 is 0 Å². The summed E-state index contributed by atoms with van der Waals surface area (Å²) in [5.74, 6) is 1.20. The first-order valence-corrected chi connectivity index (χ1v) is 26.7. The summed E-state index contributed by atoms with van der Waals surface area (Å²) in [6.07, 6.45) is 9.52. The van der Waals surface area contributed by atoms with Crippen LogP contribution in [0.1, 0.15) is 94.3 Å². The molecule has 6 aromatic rings. The van der Waals surface area contributed by atoms with Gasteiger partial charge in [-0.1, -0.05) is 109 Å². The summed E-state index contributed by atoms with van der Waals surface area (Å²) in [5, 5.41) is 21.5. The van der Waals surface area contributed by atoms with Crippen LogP contribution >= 0.6 is 24.8 Å². The normalized spacial score (nSPS) is 16.6. The van der Waals surface area contributed by atoms with E-state index in [9.17, 15) is 24.3 Å². The second-order valence-corrected chi connectivity index (χ2v) is 20.6. The van der Waals surface area contributed by atoms with Gasteiger partial charge in [-0.25, -0.2) is 4.79 Å². The molecule has 0 saturated carbocycles. The topological polar surface area (TPSA) is 158 Å². The molecule has 1 amide bonds. The molecule has 6 aromatic carbocycles. The monoisotopic (exact) mass is 1100 g/mol. The number of carbonyl (C=O) groups excluding carboxylic acids is 2. The highest BCUT2D eigenvalue weighted by atomic mass is 35.5. The molecule has 4 saturated heterocycles. The van der Waals surface area contributed by atoms with Crippen molar-refractivity contribution in [3.8, 4) is 23.0 Å². The number of hydrogen-bond donors (Lipinski definition) is 3. The molecule has 0 radical (unpaired) electrons. The average molecular weight is 1100 g/mol. The van der Waals surface area contributed by atoms with Crippen LogP contribution in [-0.2, 0) is 40.3 Å². The molecular formula is C63H74Cl2N4O9. The van der Waals surface area contributed by atoms with Crippen LogP contribution in [0.25, 0.3) is 0 Å². The number of carboxylic acid groups (broad SMARTS) is 2. The van der Waals surface area contributed by atoms with Gasteiger partial charge >= 0.3 is 17.9 Å². The van der Waals surface area contributed by atoms with Crippen molar-refractivity contribution < 1.29 is 43.6 Å². The van der Waals surface area contributed by atoms with Crippen LogP contribution in [-0.4, -0.2) is 108 Å². The number of piperidine rings is 4. The Morgan fingerprint density at radius 1 is 0.474 bits per heavy atom. The molecule has 4 aliphatic rings. The van der Waals surface area contributed by atoms with E-state index in [1.54, 1.807) is 36.4 Å². The summed E-state index contributed by atoms with van der Waals surface area (Å²) >= 11 is 0. The Balaban J connectivity index is 0.000000207. The lowest BCUT2D eigenvalue weighted by molar-refractivity contribution is -0.140. The number of likely N-dealkylation sites (tertiary alicyclic amines) is 3. The first-order valence-electron chi connectivity index (χ1n) is 26.7. The number of aromatic carboxylic acids is 1. The van der Waals surface area contributed by atoms with E-state index in [2.05, 4.69) is 56.3 Å². The highest BCUT2D eigenvalue weighted by Crippen LogP contribution is 2.43. The third-order valence-corrected chi connectivity index (χ3v) is 15.7. The maximum absolute atomic E-state index is 13.2. The van der Waals surface area contributed by atoms with E-state index in [4.69, 9.17) is 14.6 Å². The molecule has 15 heteroatoms. The van der Waals surface area contributed by atoms with Crippen molar-refractivity contribution in [1.82, 2.24) is 20.0 Å². The number of aliphatic carboxylic acids is 1. The Morgan fingerprint density at radius 3 is 1.31 bits per heavy atom. The molecule has 0 aromatic heterocycles. The van der Waals surface area contributed by atoms with Crippen molar-refractivity contribution >= 4 is 48.6 Å². The molecule has 2 spiro atoms. The van der Waals surface area contributed by atoms with Gasteiger partial charge in [0.15, 0.2) is 0 Å². The number of rotatable bonds is 14. The predicted octanol–water partition coefficient (Wildman–Crippen LogP) is 12.0. The van der Waals surface area contributed by atoms with Crippen LogP contribution in [0, 0.1) is 10.8 Å². The van der Waals surface area contributed by atoms with Crippen LogP contribution < -0.4 is 14.8 Å². The maximum Gasteiger partial charge on any atom is 0.335 e. The van der Waals surface area contributed by atoms with E-state index in [1.165, 1.54) is 76.2 Å². The number of amides is 1. The van der Waals surface area contributed by atoms with Gasteiger partial charge < -0.3 is 34.6 Å². The quantitative estimate of drug-likeness (QED) is 0.0888. The fourth-order valence-electron chi connectivity index (χ4n) is 11.0. The van der Waals surface area contributed by atoms with Crippen molar-refractivity contribution in [3.05, 3.63) is 191 Å². The molecule has 13 nitrogen and oxygen atoms in total. The van der Waals surface area contributed by atoms with E-state index in [0.29, 0.717) is 22.1 Å². The van der Waals surface area contributed by atoms with Gasteiger partial charge in [0.05, 0.1) is 25.5 Å². The fourth-order valence-corrected chi connectivity index (χ4v) is 11.0. The van der Waals surface area contributed by atoms with E-state index < -0.39 is 17.9 Å². The predicted molar refractivity (Wildman–Crippen MR) is 308 cm³/mol. The van der Waals surface area contributed by atoms with Crippen molar-refractivity contribution in [2.75, 3.05) is 59.5 Å². The van der Waals surface area contributed by atoms with Crippen molar-refractivity contribution in [2.24, 2.45) is 10.8 Å². The molecule has 0 unspecified atom stereocenters. The number of carboxylic acids is 2. The SMILES string of the molecule is COC(=O)Cc1ccccc1C(=O)O.Cl.Cl.O=C(O)Cc1ccccc1C(=O)N1CCC2(CCN(Cc3ccccc3Oc3ccccc3)CC2)CC1.c1ccc(Oc2ccccc2CN2CCC3(CCNCC3)CC2)cc1. The van der Waals surface area contributed by atoms with Gasteiger partial charge in [0, 0.05) is 42.9 Å². The summed E-state index contributed by atoms with van der Waals surface area (Å²) in [5.41, 5.74) is 5.09. The molecule has 3 N–H and O–H groups in total. The first-order chi connectivity index (χ1) is 37.0. The van der Waals surface area contributed by atoms with E-state index in [0.717, 1.165) is 87.9 Å². The zero-order valence-electron chi connectivity index (χ0n) is 44.6. The largest absolute Gasteiger partial charge is 0.481 e. The van der Waals surface area contributed by atoms with E-state index in [1.807, 2.05) is 83.8 Å². The Kier molecular flexibility index (Phi) is 23.1. The smallest absolute Gasteiger partial charge is 0.335 e. The summed E-state index contributed by atoms with van der Waals surface area (Å²) in [6, 6.07) is 50.2. The first kappa shape index (κ1) is 60.5. The highest BCUT2D eigenvalue weighted by molar-refractivity contribution is 5.96. The molecular weight excluding hydrogens is 1030 g/mol. The number of halogens is 2. The lowest BCUT2D eigenvalue weighted by atomic mass is 9.71. The number of methoxy groups -OCH3 is 1. The zero-order chi connectivity index (χ0) is 53.2. The Hall–Kier alpha value is -6.74. The molecule has 4 fully saturated rings. The van der Waals surface area contributed by atoms with Crippen LogP contribution in [0.2, 0.25) is 0 Å². The number of benzene rings is 6. The standard InChI is InChI=1S/C31H34N2O4.C22H28N2O.C10H10O4.2ClH/c34-29(35)22-24-8-4-6-12-27(24)30(36)33-20-16-31(17-21-33)14-18-32(19-15-31)23-25-9-5-7-13-28(25)37-26-10-2-1-3-11-26;1-2-7-20(8-3-1)25-21-9-5-4-6-19(21)18-24-16-12-22(13-17-24)10-14-23-15-11-22;1-14-9(11)6-7-4-2-3-5-8(7)10(12)13;;/h1-13H,14-23H2,(H,34,35);1-9,23H,10-18H2;2-5H,6H2,1H3,(H,12,13);2*1H. The Labute approximate surface area is 471 Å². The van der Waals surface area contributed by atoms with Crippen LogP contribution in [0.3, 0.4) is 0 Å². The summed E-state index contributed by atoms with van der Waals surface area (Å²) in [4.78, 5) is 53.1. The van der Waals surface area contributed by atoms with Gasteiger partial charge in [-0.2, -0.15) is 0 Å². The molecule has 0 aliphatic carbocycles. The lowest BCUT2D eigenvalue weighted by Crippen LogP contribution is -2.48. The second kappa shape index (κ2) is 29.8. The Bertz CT molecular complexity index is 2840. The van der Waals surface area contributed by atoms with Gasteiger partial charge in [-0.05, 0) is 161 Å². The van der Waals surface area contributed by atoms with Crippen molar-refractivity contribution in [2.45, 2.75) is 77.3 Å². The fraction of sp³-hybridized carbons (Fsp3) is 0.365. The number of hydrogen-bond acceptors (Lipinski definition) is 10. The third-order valence-electron chi connectivity index (χ3n) is 15.7. The average Bonchev–Trinajstić information content (AvgIpc) is 3.46. The van der Waals surface area contributed by atoms with Crippen molar-refractivity contribution in [1.29, 1.82) is 0 Å². The third kappa shape index (κ3) is 17.1. The Morgan fingerprint density at radius 2 is 0.859 bits per heavy atom. The maximum atomic E-state index is 13.2. The molecule has 10 rings (SSSR count). The van der Waals surface area contributed by atoms with E-state index in [-0.39, 0.29) is 54.5 Å². The zero-order valence-corrected chi connectivity index (χ0v) is 46.2. The molecule has 78 heavy (non-hydrogen) atoms. The van der Waals surface area contributed by atoms with Gasteiger partial charge in [-0.3, -0.25) is 24.2 Å². The van der Waals surface area contributed by atoms with Crippen LogP contribution in [0.15, 0.2) is 158 Å². The minimum atomic E-state index is -1.04. The summed E-state index contributed by atoms with van der Waals surface area (Å²) < 4.78 is 16.7. The number of nitrogens with zero attached hydrogens (tertiary/aromatic N) is 3.